The number of ether oxygens (including phenoxy) is 3. The number of pyridine rings is 1. The molecule has 0 aromatic carbocycles. The van der Waals surface area contributed by atoms with Crippen LogP contribution in [0.4, 0.5) is 4.79 Å². The van der Waals surface area contributed by atoms with Crippen LogP contribution < -0.4 is 4.74 Å². The van der Waals surface area contributed by atoms with Gasteiger partial charge in [0.05, 0.1) is 36.1 Å². The minimum absolute atomic E-state index is 0.0255. The van der Waals surface area contributed by atoms with Crippen molar-refractivity contribution in [1.29, 1.82) is 0 Å². The van der Waals surface area contributed by atoms with E-state index in [1.165, 1.54) is 0 Å². The lowest BCUT2D eigenvalue weighted by Gasteiger charge is -2.35. The lowest BCUT2D eigenvalue weighted by Crippen LogP contribution is -2.40. The van der Waals surface area contributed by atoms with E-state index in [1.54, 1.807) is 30.6 Å². The molecule has 5 rings (SSSR count). The van der Waals surface area contributed by atoms with Gasteiger partial charge < -0.3 is 24.2 Å². The molecule has 11 nitrogen and oxygen atoms in total. The second-order valence-electron chi connectivity index (χ2n) is 10.9. The van der Waals surface area contributed by atoms with Gasteiger partial charge in [0.2, 0.25) is 0 Å². The van der Waals surface area contributed by atoms with Crippen molar-refractivity contribution >= 4 is 12.1 Å². The fraction of sp³-hybridized carbons (Fsp3) is 0.654. The summed E-state index contributed by atoms with van der Waals surface area (Å²) in [6.45, 7) is 3.76. The predicted molar refractivity (Wildman–Crippen MR) is 132 cm³/mol. The third kappa shape index (κ3) is 5.56. The third-order valence-electron chi connectivity index (χ3n) is 7.66. The number of rotatable bonds is 9. The van der Waals surface area contributed by atoms with Crippen LogP contribution in [0.2, 0.25) is 0 Å². The maximum Gasteiger partial charge on any atom is 0.409 e. The van der Waals surface area contributed by atoms with Crippen LogP contribution in [0.15, 0.2) is 12.1 Å². The van der Waals surface area contributed by atoms with Gasteiger partial charge in [-0.3, -0.25) is 4.79 Å². The molecule has 1 saturated heterocycles. The average Bonchev–Trinajstić information content (AvgIpc) is 3.62. The van der Waals surface area contributed by atoms with Crippen LogP contribution in [0.1, 0.15) is 62.8 Å². The van der Waals surface area contributed by atoms with Gasteiger partial charge >= 0.3 is 12.1 Å². The minimum Gasteiger partial charge on any atom is -0.488 e. The number of carboxylic acids is 1. The number of nitrogens with zero attached hydrogens (tertiary/aromatic N) is 5. The van der Waals surface area contributed by atoms with E-state index in [9.17, 15) is 14.7 Å². The molecule has 2 atom stereocenters. The summed E-state index contributed by atoms with van der Waals surface area (Å²) in [4.78, 5) is 30.7. The van der Waals surface area contributed by atoms with Crippen LogP contribution in [0.25, 0.3) is 11.4 Å². The Labute approximate surface area is 216 Å². The Morgan fingerprint density at radius 2 is 2.05 bits per heavy atom. The zero-order chi connectivity index (χ0) is 26.2. The van der Waals surface area contributed by atoms with E-state index in [1.807, 2.05) is 12.1 Å². The highest BCUT2D eigenvalue weighted by Crippen LogP contribution is 2.45. The Kier molecular flexibility index (Phi) is 7.06. The summed E-state index contributed by atoms with van der Waals surface area (Å²) in [5, 5.41) is 18.1. The van der Waals surface area contributed by atoms with Gasteiger partial charge in [-0.2, -0.15) is 0 Å². The molecule has 1 aliphatic heterocycles. The van der Waals surface area contributed by atoms with E-state index in [-0.39, 0.29) is 12.7 Å². The molecule has 0 unspecified atom stereocenters. The lowest BCUT2D eigenvalue weighted by atomic mass is 9.74. The molecule has 1 amide bonds. The first kappa shape index (κ1) is 25.4. The first-order valence-electron chi connectivity index (χ1n) is 13.0. The van der Waals surface area contributed by atoms with Gasteiger partial charge in [0, 0.05) is 38.9 Å². The maximum atomic E-state index is 12.5. The smallest absolute Gasteiger partial charge is 0.409 e. The fourth-order valence-electron chi connectivity index (χ4n) is 5.07. The van der Waals surface area contributed by atoms with Gasteiger partial charge in [-0.15, -0.1) is 5.10 Å². The predicted octanol–water partition coefficient (Wildman–Crippen LogP) is 3.38. The van der Waals surface area contributed by atoms with Crippen LogP contribution in [0.5, 0.6) is 5.75 Å². The third-order valence-corrected chi connectivity index (χ3v) is 7.66. The largest absolute Gasteiger partial charge is 0.488 e. The maximum absolute atomic E-state index is 12.5. The van der Waals surface area contributed by atoms with Crippen LogP contribution in [-0.2, 0) is 27.9 Å². The number of carbonyl (C=O) groups is 2. The molecule has 200 valence electrons. The molecular formula is C26H35N5O6. The topological polar surface area (TPSA) is 129 Å². The molecule has 0 bridgehead atoms. The Morgan fingerprint density at radius 3 is 2.73 bits per heavy atom. The number of carbonyl (C=O) groups excluding carboxylic acids is 1. The SMILES string of the molecule is CN(CC1COC1)C(=O)OCc1c(-c2ccc(O[C@H]3CCC[C@](C)(C(=O)O)C3)c(C3CC3)n2)nnn1C. The summed E-state index contributed by atoms with van der Waals surface area (Å²) in [7, 11) is 3.48. The standard InChI is InChI=1S/C26H35N5O6/c1-26(24(32)33)10-4-5-18(11-26)37-21-9-8-19(27-22(21)17-6-7-17)23-20(31(3)29-28-23)15-36-25(34)30(2)12-16-13-35-14-16/h8-9,16-18H,4-7,10-15H2,1-3H3,(H,32,33)/t18-,26-/m0/s1. The minimum atomic E-state index is -0.768. The number of hydrogen-bond donors (Lipinski definition) is 1. The highest BCUT2D eigenvalue weighted by atomic mass is 16.6. The Bertz CT molecular complexity index is 1160. The van der Waals surface area contributed by atoms with Gasteiger partial charge in [-0.05, 0) is 51.2 Å². The second-order valence-corrected chi connectivity index (χ2v) is 10.9. The highest BCUT2D eigenvalue weighted by Gasteiger charge is 2.40. The first-order chi connectivity index (χ1) is 17.7. The van der Waals surface area contributed by atoms with E-state index in [0.29, 0.717) is 67.3 Å². The molecule has 2 aromatic heterocycles. The molecule has 0 radical (unpaired) electrons. The van der Waals surface area contributed by atoms with Crippen molar-refractivity contribution in [2.75, 3.05) is 26.8 Å². The fourth-order valence-corrected chi connectivity index (χ4v) is 5.07. The molecular weight excluding hydrogens is 478 g/mol. The lowest BCUT2D eigenvalue weighted by molar-refractivity contribution is -0.151. The zero-order valence-corrected chi connectivity index (χ0v) is 21.7. The molecule has 2 aromatic rings. The number of carboxylic acid groups (broad SMARTS) is 1. The number of aryl methyl sites for hydroxylation is 1. The molecule has 3 fully saturated rings. The van der Waals surface area contributed by atoms with E-state index >= 15 is 0 Å². The van der Waals surface area contributed by atoms with Gasteiger partial charge in [0.1, 0.15) is 23.7 Å². The summed E-state index contributed by atoms with van der Waals surface area (Å²) >= 11 is 0. The second kappa shape index (κ2) is 10.3. The van der Waals surface area contributed by atoms with Crippen LogP contribution in [0.3, 0.4) is 0 Å². The summed E-state index contributed by atoms with van der Waals surface area (Å²) in [5.41, 5.74) is 1.97. The van der Waals surface area contributed by atoms with Crippen molar-refractivity contribution in [3.05, 3.63) is 23.5 Å². The van der Waals surface area contributed by atoms with Crippen molar-refractivity contribution in [1.82, 2.24) is 24.9 Å². The number of aromatic nitrogens is 4. The van der Waals surface area contributed by atoms with E-state index < -0.39 is 17.5 Å². The van der Waals surface area contributed by atoms with Gasteiger partial charge in [0.25, 0.3) is 0 Å². The molecule has 37 heavy (non-hydrogen) atoms. The molecule has 2 saturated carbocycles. The van der Waals surface area contributed by atoms with Crippen LogP contribution in [0, 0.1) is 11.3 Å². The van der Waals surface area contributed by atoms with Gasteiger partial charge in [-0.25, -0.2) is 14.5 Å². The molecule has 11 heteroatoms. The average molecular weight is 514 g/mol. The summed E-state index contributed by atoms with van der Waals surface area (Å²) in [6.07, 6.45) is 4.31. The van der Waals surface area contributed by atoms with Crippen molar-refractivity contribution < 1.29 is 28.9 Å². The van der Waals surface area contributed by atoms with Crippen molar-refractivity contribution in [3.8, 4) is 17.1 Å². The van der Waals surface area contributed by atoms with Crippen LogP contribution in [-0.4, -0.2) is 75.0 Å². The Hall–Kier alpha value is -3.21. The van der Waals surface area contributed by atoms with Gasteiger partial charge in [0.15, 0.2) is 0 Å². The Balaban J connectivity index is 1.30. The van der Waals surface area contributed by atoms with E-state index in [4.69, 9.17) is 19.2 Å². The molecule has 2 aliphatic carbocycles. The molecule has 3 aliphatic rings. The van der Waals surface area contributed by atoms with Crippen molar-refractivity contribution in [3.63, 3.8) is 0 Å². The highest BCUT2D eigenvalue weighted by molar-refractivity contribution is 5.74. The van der Waals surface area contributed by atoms with Crippen molar-refractivity contribution in [2.45, 2.75) is 64.1 Å². The summed E-state index contributed by atoms with van der Waals surface area (Å²) in [6, 6.07) is 3.75. The summed E-state index contributed by atoms with van der Waals surface area (Å²) < 4.78 is 18.7. The first-order valence-corrected chi connectivity index (χ1v) is 13.0. The van der Waals surface area contributed by atoms with E-state index in [0.717, 1.165) is 31.4 Å². The molecule has 3 heterocycles. The summed E-state index contributed by atoms with van der Waals surface area (Å²) in [5.74, 6) is 0.607. The van der Waals surface area contributed by atoms with Crippen LogP contribution >= 0.6 is 0 Å². The quantitative estimate of drug-likeness (QED) is 0.536. The Morgan fingerprint density at radius 1 is 1.27 bits per heavy atom. The normalized spacial score (nSPS) is 23.8. The van der Waals surface area contributed by atoms with Crippen molar-refractivity contribution in [2.24, 2.45) is 18.4 Å². The molecule has 0 spiro atoms. The zero-order valence-electron chi connectivity index (χ0n) is 21.7. The molecule has 1 N–H and O–H groups in total. The number of hydrogen-bond acceptors (Lipinski definition) is 8. The number of amides is 1. The van der Waals surface area contributed by atoms with E-state index in [2.05, 4.69) is 10.3 Å². The monoisotopic (exact) mass is 513 g/mol. The number of aliphatic carboxylic acids is 1. The van der Waals surface area contributed by atoms with Gasteiger partial charge in [-0.1, -0.05) is 5.21 Å².